The molecule has 5 N–H and O–H groups in total. The van der Waals surface area contributed by atoms with E-state index >= 15 is 0 Å². The van der Waals surface area contributed by atoms with Gasteiger partial charge in [-0.3, -0.25) is 19.4 Å². The molecule has 0 bridgehead atoms. The first-order valence-corrected chi connectivity index (χ1v) is 14.2. The molecule has 44 heavy (non-hydrogen) atoms. The van der Waals surface area contributed by atoms with Crippen molar-refractivity contribution in [3.8, 4) is 5.75 Å². The molecule has 240 valence electrons. The zero-order valence-electron chi connectivity index (χ0n) is 25.9. The van der Waals surface area contributed by atoms with E-state index in [4.69, 9.17) is 16.3 Å². The number of benzene rings is 1. The number of hydrogen-bond donors (Lipinski definition) is 3. The molecule has 0 saturated carbocycles. The number of alkyl halides is 4. The number of carbonyl (C=O) groups excluding carboxylic acids is 1. The van der Waals surface area contributed by atoms with Crippen LogP contribution in [-0.4, -0.2) is 52.0 Å². The summed E-state index contributed by atoms with van der Waals surface area (Å²) in [6.07, 6.45) is 2.96. The standard InChI is InChI=1S/C31H41F4N7O2/c1-7-19(3)28(42(37)18-26(36)25-16-38-40(5)20(25)4)14-21(8-2)30(43)39-27-15-23(31(33,34)35)13-22(29(27)44-6)17-41-11-9-24(32)10-12-41/h7-8,13-16,18,24H,9-12,17,36-37H2,1-6H3,(H,39,43)/b19-7-,21-8+,26-18-,28-14+. The maximum atomic E-state index is 13.9. The van der Waals surface area contributed by atoms with Crippen LogP contribution in [0.3, 0.4) is 0 Å². The summed E-state index contributed by atoms with van der Waals surface area (Å²) in [5.74, 6) is 5.81. The number of halogens is 4. The Morgan fingerprint density at radius 3 is 2.41 bits per heavy atom. The molecule has 1 saturated heterocycles. The average molecular weight is 620 g/mol. The first kappa shape index (κ1) is 34.4. The number of ether oxygens (including phenoxy) is 1. The first-order chi connectivity index (χ1) is 20.7. The van der Waals surface area contributed by atoms with Gasteiger partial charge >= 0.3 is 6.18 Å². The van der Waals surface area contributed by atoms with Gasteiger partial charge in [0, 0.05) is 55.3 Å². The predicted octanol–water partition coefficient (Wildman–Crippen LogP) is 5.56. The van der Waals surface area contributed by atoms with Gasteiger partial charge in [-0.05, 0) is 64.3 Å². The van der Waals surface area contributed by atoms with E-state index in [1.54, 1.807) is 44.8 Å². The summed E-state index contributed by atoms with van der Waals surface area (Å²) in [5.41, 5.74) is 8.58. The van der Waals surface area contributed by atoms with Crippen molar-refractivity contribution in [1.29, 1.82) is 0 Å². The fourth-order valence-corrected chi connectivity index (χ4v) is 4.84. The molecule has 1 aliphatic rings. The van der Waals surface area contributed by atoms with Crippen LogP contribution in [0.2, 0.25) is 0 Å². The Kier molecular flexibility index (Phi) is 11.4. The van der Waals surface area contributed by atoms with Crippen LogP contribution in [-0.2, 0) is 24.6 Å². The molecule has 0 unspecified atom stereocenters. The Bertz CT molecular complexity index is 1470. The molecule has 9 nitrogen and oxygen atoms in total. The number of hydrogen-bond acceptors (Lipinski definition) is 7. The third-order valence-electron chi connectivity index (χ3n) is 7.66. The lowest BCUT2D eigenvalue weighted by molar-refractivity contribution is -0.137. The Morgan fingerprint density at radius 1 is 1.23 bits per heavy atom. The molecule has 2 aromatic rings. The lowest BCUT2D eigenvalue weighted by atomic mass is 10.0. The highest BCUT2D eigenvalue weighted by molar-refractivity contribution is 6.06. The van der Waals surface area contributed by atoms with Crippen LogP contribution >= 0.6 is 0 Å². The maximum absolute atomic E-state index is 13.9. The maximum Gasteiger partial charge on any atom is 0.416 e. The van der Waals surface area contributed by atoms with Crippen LogP contribution in [0.4, 0.5) is 23.2 Å². The lowest BCUT2D eigenvalue weighted by Crippen LogP contribution is -2.34. The summed E-state index contributed by atoms with van der Waals surface area (Å²) in [6, 6.07) is 1.85. The number of carbonyl (C=O) groups is 1. The molecule has 0 aliphatic carbocycles. The van der Waals surface area contributed by atoms with Gasteiger partial charge in [0.2, 0.25) is 0 Å². The van der Waals surface area contributed by atoms with Gasteiger partial charge in [0.15, 0.2) is 0 Å². The minimum atomic E-state index is -4.68. The zero-order valence-corrected chi connectivity index (χ0v) is 25.9. The van der Waals surface area contributed by atoms with Crippen LogP contribution in [0.25, 0.3) is 5.70 Å². The molecular weight excluding hydrogens is 578 g/mol. The molecule has 13 heteroatoms. The van der Waals surface area contributed by atoms with E-state index in [2.05, 4.69) is 10.4 Å². The zero-order chi connectivity index (χ0) is 32.8. The summed E-state index contributed by atoms with van der Waals surface area (Å²) < 4.78 is 62.6. The molecule has 3 rings (SSSR count). The highest BCUT2D eigenvalue weighted by atomic mass is 19.4. The predicted molar refractivity (Wildman–Crippen MR) is 163 cm³/mol. The molecule has 1 aromatic carbocycles. The number of anilines is 1. The summed E-state index contributed by atoms with van der Waals surface area (Å²) in [5, 5.41) is 8.07. The highest BCUT2D eigenvalue weighted by Crippen LogP contribution is 2.39. The molecule has 0 spiro atoms. The second-order valence-corrected chi connectivity index (χ2v) is 10.6. The van der Waals surface area contributed by atoms with Gasteiger partial charge in [-0.25, -0.2) is 10.2 Å². The number of nitrogens with two attached hydrogens (primary N) is 2. The summed E-state index contributed by atoms with van der Waals surface area (Å²) in [6.45, 7) is 7.99. The molecule has 1 aromatic heterocycles. The van der Waals surface area contributed by atoms with E-state index in [1.807, 2.05) is 11.8 Å². The van der Waals surface area contributed by atoms with Crippen molar-refractivity contribution in [2.24, 2.45) is 18.6 Å². The number of rotatable bonds is 10. The molecular formula is C31H41F4N7O2. The lowest BCUT2D eigenvalue weighted by Gasteiger charge is -2.29. The van der Waals surface area contributed by atoms with Crippen LogP contribution < -0.4 is 21.6 Å². The van der Waals surface area contributed by atoms with E-state index in [0.29, 0.717) is 48.5 Å². The number of methoxy groups -OCH3 is 1. The Hall–Kier alpha value is -4.10. The normalized spacial score (nSPS) is 16.3. The van der Waals surface area contributed by atoms with Crippen molar-refractivity contribution < 1.29 is 27.1 Å². The molecule has 0 atom stereocenters. The van der Waals surface area contributed by atoms with Gasteiger partial charge in [-0.15, -0.1) is 0 Å². The fraction of sp³-hybridized carbons (Fsp3) is 0.419. The quantitative estimate of drug-likeness (QED) is 0.105. The van der Waals surface area contributed by atoms with Gasteiger partial charge in [0.1, 0.15) is 11.9 Å². The van der Waals surface area contributed by atoms with Crippen molar-refractivity contribution in [3.05, 3.63) is 82.0 Å². The van der Waals surface area contributed by atoms with Crippen LogP contribution in [0, 0.1) is 6.92 Å². The monoisotopic (exact) mass is 619 g/mol. The number of aryl methyl sites for hydroxylation is 1. The van der Waals surface area contributed by atoms with Gasteiger partial charge in [-0.2, -0.15) is 18.3 Å². The first-order valence-electron chi connectivity index (χ1n) is 14.2. The highest BCUT2D eigenvalue weighted by Gasteiger charge is 2.33. The molecule has 1 fully saturated rings. The van der Waals surface area contributed by atoms with Crippen molar-refractivity contribution in [2.75, 3.05) is 25.5 Å². The third kappa shape index (κ3) is 8.29. The smallest absolute Gasteiger partial charge is 0.416 e. The van der Waals surface area contributed by atoms with Crippen molar-refractivity contribution in [3.63, 3.8) is 0 Å². The molecule has 1 amide bonds. The Balaban J connectivity index is 1.98. The summed E-state index contributed by atoms with van der Waals surface area (Å²) in [7, 11) is 3.11. The van der Waals surface area contributed by atoms with Gasteiger partial charge in [-0.1, -0.05) is 12.2 Å². The number of piperidine rings is 1. The van der Waals surface area contributed by atoms with Crippen molar-refractivity contribution >= 4 is 17.3 Å². The number of amides is 1. The minimum Gasteiger partial charge on any atom is -0.494 e. The number of allylic oxidation sites excluding steroid dienone is 3. The average Bonchev–Trinajstić information content (AvgIpc) is 3.31. The number of nitrogens with zero attached hydrogens (tertiary/aromatic N) is 4. The topological polar surface area (TPSA) is 115 Å². The van der Waals surface area contributed by atoms with E-state index in [1.165, 1.54) is 30.5 Å². The Labute approximate surface area is 255 Å². The van der Waals surface area contributed by atoms with E-state index in [9.17, 15) is 22.4 Å². The van der Waals surface area contributed by atoms with E-state index in [0.717, 1.165) is 17.8 Å². The fourth-order valence-electron chi connectivity index (χ4n) is 4.84. The number of hydrazine groups is 1. The third-order valence-corrected chi connectivity index (χ3v) is 7.66. The van der Waals surface area contributed by atoms with Crippen LogP contribution in [0.15, 0.2) is 59.6 Å². The van der Waals surface area contributed by atoms with Gasteiger partial charge in [0.05, 0.1) is 36.0 Å². The second kappa shape index (κ2) is 14.6. The van der Waals surface area contributed by atoms with Crippen LogP contribution in [0.1, 0.15) is 56.0 Å². The molecule has 0 radical (unpaired) electrons. The summed E-state index contributed by atoms with van der Waals surface area (Å²) >= 11 is 0. The molecule has 2 heterocycles. The summed E-state index contributed by atoms with van der Waals surface area (Å²) in [4.78, 5) is 15.4. The van der Waals surface area contributed by atoms with Gasteiger partial charge < -0.3 is 15.8 Å². The molecule has 1 aliphatic heterocycles. The number of likely N-dealkylation sites (tertiary alicyclic amines) is 1. The largest absolute Gasteiger partial charge is 0.494 e. The second-order valence-electron chi connectivity index (χ2n) is 10.6. The van der Waals surface area contributed by atoms with Crippen molar-refractivity contribution in [2.45, 2.75) is 59.4 Å². The SMILES string of the molecule is C\C=C(C)/C(=C\C(=C/C)C(=O)Nc1cc(C(F)(F)F)cc(CN2CCC(F)CC2)c1OC)N(N)/C=C(\N)c1cnn(C)c1C. The van der Waals surface area contributed by atoms with E-state index < -0.39 is 23.8 Å². The van der Waals surface area contributed by atoms with Crippen molar-refractivity contribution in [1.82, 2.24) is 19.7 Å². The minimum absolute atomic E-state index is 0.0982. The van der Waals surface area contributed by atoms with Crippen LogP contribution in [0.5, 0.6) is 5.75 Å². The van der Waals surface area contributed by atoms with E-state index in [-0.39, 0.29) is 29.1 Å². The number of nitrogens with one attached hydrogen (secondary N) is 1. The Morgan fingerprint density at radius 2 is 1.89 bits per heavy atom. The number of aromatic nitrogens is 2. The van der Waals surface area contributed by atoms with Gasteiger partial charge in [0.25, 0.3) is 5.91 Å².